The van der Waals surface area contributed by atoms with Gasteiger partial charge in [0.1, 0.15) is 5.75 Å². The maximum absolute atomic E-state index is 12.4. The van der Waals surface area contributed by atoms with E-state index in [9.17, 15) is 4.79 Å². The first-order valence-corrected chi connectivity index (χ1v) is 9.09. The van der Waals surface area contributed by atoms with Gasteiger partial charge in [0.05, 0.1) is 12.8 Å². The third-order valence-corrected chi connectivity index (χ3v) is 4.17. The Morgan fingerprint density at radius 1 is 1.15 bits per heavy atom. The fourth-order valence-corrected chi connectivity index (χ4v) is 2.63. The van der Waals surface area contributed by atoms with Gasteiger partial charge in [-0.05, 0) is 42.3 Å². The van der Waals surface area contributed by atoms with Crippen molar-refractivity contribution in [1.82, 2.24) is 20.1 Å². The van der Waals surface area contributed by atoms with Crippen LogP contribution in [0.2, 0.25) is 0 Å². The van der Waals surface area contributed by atoms with Crippen molar-refractivity contribution in [3.8, 4) is 16.9 Å². The number of pyridine rings is 1. The van der Waals surface area contributed by atoms with E-state index in [4.69, 9.17) is 4.74 Å². The lowest BCUT2D eigenvalue weighted by atomic mass is 10.1. The molecule has 0 aliphatic carbocycles. The average Bonchev–Trinajstić information content (AvgIpc) is 3.13. The van der Waals surface area contributed by atoms with Crippen molar-refractivity contribution < 1.29 is 9.53 Å². The lowest BCUT2D eigenvalue weighted by Gasteiger charge is -2.08. The van der Waals surface area contributed by atoms with E-state index in [1.807, 2.05) is 31.4 Å². The van der Waals surface area contributed by atoms with E-state index in [0.29, 0.717) is 18.7 Å². The van der Waals surface area contributed by atoms with Crippen LogP contribution in [0.4, 0.5) is 0 Å². The largest absolute Gasteiger partial charge is 0.494 e. The highest BCUT2D eigenvalue weighted by Crippen LogP contribution is 2.18. The normalized spacial score (nSPS) is 10.6. The van der Waals surface area contributed by atoms with Gasteiger partial charge in [0, 0.05) is 48.9 Å². The predicted molar refractivity (Wildman–Crippen MR) is 104 cm³/mol. The van der Waals surface area contributed by atoms with Crippen molar-refractivity contribution in [3.63, 3.8) is 0 Å². The Bertz CT molecular complexity index is 887. The summed E-state index contributed by atoms with van der Waals surface area (Å²) in [4.78, 5) is 16.6. The maximum atomic E-state index is 12.4. The summed E-state index contributed by atoms with van der Waals surface area (Å²) in [6, 6.07) is 9.22. The minimum Gasteiger partial charge on any atom is -0.494 e. The van der Waals surface area contributed by atoms with E-state index in [1.54, 1.807) is 35.4 Å². The van der Waals surface area contributed by atoms with Crippen LogP contribution in [0.15, 0.2) is 55.1 Å². The lowest BCUT2D eigenvalue weighted by Crippen LogP contribution is -2.22. The van der Waals surface area contributed by atoms with Crippen LogP contribution in [-0.2, 0) is 13.6 Å². The fraction of sp³-hybridized carbons (Fsp3) is 0.286. The zero-order valence-electron chi connectivity index (χ0n) is 15.7. The lowest BCUT2D eigenvalue weighted by molar-refractivity contribution is 0.0951. The fourth-order valence-electron chi connectivity index (χ4n) is 2.63. The number of rotatable bonds is 8. The number of aryl methyl sites for hydroxylation is 1. The van der Waals surface area contributed by atoms with Crippen LogP contribution in [0, 0.1) is 0 Å². The summed E-state index contributed by atoms with van der Waals surface area (Å²) in [6.07, 6.45) is 9.39. The van der Waals surface area contributed by atoms with Gasteiger partial charge >= 0.3 is 0 Å². The Morgan fingerprint density at radius 3 is 2.67 bits per heavy atom. The van der Waals surface area contributed by atoms with Crippen LogP contribution < -0.4 is 10.1 Å². The number of carbonyl (C=O) groups is 1. The molecule has 0 spiro atoms. The van der Waals surface area contributed by atoms with E-state index in [2.05, 4.69) is 22.3 Å². The highest BCUT2D eigenvalue weighted by molar-refractivity contribution is 5.94. The molecule has 0 saturated carbocycles. The predicted octanol–water partition coefficient (Wildman–Crippen LogP) is 3.59. The Morgan fingerprint density at radius 2 is 1.96 bits per heavy atom. The Labute approximate surface area is 159 Å². The molecule has 1 N–H and O–H groups in total. The first kappa shape index (κ1) is 18.6. The molecular weight excluding hydrogens is 340 g/mol. The van der Waals surface area contributed by atoms with E-state index in [1.165, 1.54) is 0 Å². The van der Waals surface area contributed by atoms with Crippen LogP contribution >= 0.6 is 0 Å². The Kier molecular flexibility index (Phi) is 6.20. The van der Waals surface area contributed by atoms with Crippen LogP contribution in [-0.4, -0.2) is 27.3 Å². The summed E-state index contributed by atoms with van der Waals surface area (Å²) in [5, 5.41) is 7.11. The molecule has 6 nitrogen and oxygen atoms in total. The molecule has 140 valence electrons. The van der Waals surface area contributed by atoms with Crippen molar-refractivity contribution in [2.75, 3.05) is 6.61 Å². The van der Waals surface area contributed by atoms with Gasteiger partial charge in [-0.25, -0.2) is 0 Å². The van der Waals surface area contributed by atoms with E-state index >= 15 is 0 Å². The second kappa shape index (κ2) is 8.98. The van der Waals surface area contributed by atoms with Crippen molar-refractivity contribution in [3.05, 3.63) is 66.2 Å². The quantitative estimate of drug-likeness (QED) is 0.620. The molecule has 27 heavy (non-hydrogen) atoms. The molecular formula is C21H24N4O2. The molecule has 0 aliphatic rings. The molecule has 6 heteroatoms. The first-order chi connectivity index (χ1) is 13.2. The Hall–Kier alpha value is -3.15. The molecule has 2 heterocycles. The minimum absolute atomic E-state index is 0.123. The molecule has 0 aliphatic heterocycles. The van der Waals surface area contributed by atoms with Gasteiger partial charge in [-0.3, -0.25) is 14.5 Å². The number of hydrogen-bond acceptors (Lipinski definition) is 4. The highest BCUT2D eigenvalue weighted by Gasteiger charge is 2.07. The van der Waals surface area contributed by atoms with Crippen molar-refractivity contribution >= 4 is 5.91 Å². The van der Waals surface area contributed by atoms with Crippen LogP contribution in [0.5, 0.6) is 5.75 Å². The SMILES string of the molecule is CCCCOc1ccc(C(=O)NCc2cncc(-c3cnn(C)c3)c2)cc1. The zero-order chi connectivity index (χ0) is 19.1. The third kappa shape index (κ3) is 5.17. The monoisotopic (exact) mass is 364 g/mol. The van der Waals surface area contributed by atoms with Crippen molar-refractivity contribution in [2.45, 2.75) is 26.3 Å². The molecule has 2 aromatic heterocycles. The molecule has 0 bridgehead atoms. The van der Waals surface area contributed by atoms with E-state index in [0.717, 1.165) is 35.3 Å². The smallest absolute Gasteiger partial charge is 0.251 e. The molecule has 1 aromatic carbocycles. The molecule has 0 unspecified atom stereocenters. The van der Waals surface area contributed by atoms with Gasteiger partial charge < -0.3 is 10.1 Å². The second-order valence-corrected chi connectivity index (χ2v) is 6.39. The summed E-state index contributed by atoms with van der Waals surface area (Å²) in [7, 11) is 1.88. The van der Waals surface area contributed by atoms with Crippen LogP contribution in [0.25, 0.3) is 11.1 Å². The summed E-state index contributed by atoms with van der Waals surface area (Å²) in [6.45, 7) is 3.23. The summed E-state index contributed by atoms with van der Waals surface area (Å²) in [5.41, 5.74) is 3.51. The average molecular weight is 364 g/mol. The van der Waals surface area contributed by atoms with Crippen molar-refractivity contribution in [2.24, 2.45) is 7.05 Å². The molecule has 0 radical (unpaired) electrons. The van der Waals surface area contributed by atoms with E-state index in [-0.39, 0.29) is 5.91 Å². The second-order valence-electron chi connectivity index (χ2n) is 6.39. The molecule has 1 amide bonds. The summed E-state index contributed by atoms with van der Waals surface area (Å²) >= 11 is 0. The van der Waals surface area contributed by atoms with Crippen LogP contribution in [0.3, 0.4) is 0 Å². The zero-order valence-corrected chi connectivity index (χ0v) is 15.7. The molecule has 0 atom stereocenters. The first-order valence-electron chi connectivity index (χ1n) is 9.09. The molecule has 0 fully saturated rings. The number of nitrogens with one attached hydrogen (secondary N) is 1. The van der Waals surface area contributed by atoms with Gasteiger partial charge in [-0.2, -0.15) is 5.10 Å². The van der Waals surface area contributed by atoms with E-state index < -0.39 is 0 Å². The number of nitrogens with zero attached hydrogens (tertiary/aromatic N) is 3. The number of amides is 1. The van der Waals surface area contributed by atoms with Gasteiger partial charge in [-0.15, -0.1) is 0 Å². The summed E-state index contributed by atoms with van der Waals surface area (Å²) in [5.74, 6) is 0.662. The number of unbranched alkanes of at least 4 members (excludes halogenated alkanes) is 1. The number of ether oxygens (including phenoxy) is 1. The maximum Gasteiger partial charge on any atom is 0.251 e. The number of benzene rings is 1. The van der Waals surface area contributed by atoms with Gasteiger partial charge in [0.15, 0.2) is 0 Å². The minimum atomic E-state index is -0.123. The number of hydrogen-bond donors (Lipinski definition) is 1. The van der Waals surface area contributed by atoms with Gasteiger partial charge in [0.25, 0.3) is 5.91 Å². The standard InChI is InChI=1S/C21H24N4O2/c1-3-4-9-27-20-7-5-17(6-8-20)21(26)23-12-16-10-18(13-22-11-16)19-14-24-25(2)15-19/h5-8,10-11,13-15H,3-4,9,12H2,1-2H3,(H,23,26). The van der Waals surface area contributed by atoms with Gasteiger partial charge in [-0.1, -0.05) is 13.3 Å². The van der Waals surface area contributed by atoms with Crippen molar-refractivity contribution in [1.29, 1.82) is 0 Å². The molecule has 3 rings (SSSR count). The number of aromatic nitrogens is 3. The topological polar surface area (TPSA) is 69.0 Å². The molecule has 3 aromatic rings. The van der Waals surface area contributed by atoms with Crippen LogP contribution in [0.1, 0.15) is 35.7 Å². The number of carbonyl (C=O) groups excluding carboxylic acids is 1. The highest BCUT2D eigenvalue weighted by atomic mass is 16.5. The summed E-state index contributed by atoms with van der Waals surface area (Å²) < 4.78 is 7.37. The molecule has 0 saturated heterocycles. The Balaban J connectivity index is 1.57. The van der Waals surface area contributed by atoms with Gasteiger partial charge in [0.2, 0.25) is 0 Å². The third-order valence-electron chi connectivity index (χ3n) is 4.17.